The minimum absolute atomic E-state index is 0. The predicted molar refractivity (Wildman–Crippen MR) is 53.4 cm³/mol. The molecule has 0 N–H and O–H groups in total. The zero-order valence-electron chi connectivity index (χ0n) is 8.21. The Morgan fingerprint density at radius 1 is 1.29 bits per heavy atom. The van der Waals surface area contributed by atoms with E-state index in [1.807, 2.05) is 24.3 Å². The van der Waals surface area contributed by atoms with Crippen LogP contribution in [0.25, 0.3) is 0 Å². The molecule has 1 aromatic carbocycles. The minimum Gasteiger partial charge on any atom is -1.00 e. The number of hydrogen-bond acceptors (Lipinski definition) is 1. The van der Waals surface area contributed by atoms with Gasteiger partial charge in [-0.3, -0.25) is 0 Å². The summed E-state index contributed by atoms with van der Waals surface area (Å²) in [4.78, 5) is 0. The van der Waals surface area contributed by atoms with E-state index in [1.165, 1.54) is 18.4 Å². The molecular weight excluding hydrogens is 252 g/mol. The van der Waals surface area contributed by atoms with Gasteiger partial charge >= 0.3 is 23.1 Å². The van der Waals surface area contributed by atoms with Gasteiger partial charge in [0, 0.05) is 13.2 Å². The molecule has 0 atom stereocenters. The summed E-state index contributed by atoms with van der Waals surface area (Å²) in [5.41, 5.74) is 1.24. The second-order valence-electron chi connectivity index (χ2n) is 3.37. The molecule has 1 aliphatic rings. The average molecular weight is 265 g/mol. The number of ether oxygens (including phenoxy) is 1. The number of halogens is 1. The molecule has 1 aliphatic carbocycles. The Morgan fingerprint density at radius 2 is 1.93 bits per heavy atom. The second-order valence-corrected chi connectivity index (χ2v) is 3.37. The van der Waals surface area contributed by atoms with Gasteiger partial charge in [0.2, 0.25) is 0 Å². The van der Waals surface area contributed by atoms with Crippen molar-refractivity contribution in [1.82, 2.24) is 0 Å². The van der Waals surface area contributed by atoms with Crippen LogP contribution >= 0.6 is 0 Å². The largest absolute Gasteiger partial charge is 2.00 e. The van der Waals surface area contributed by atoms with E-state index in [2.05, 4.69) is 6.07 Å². The van der Waals surface area contributed by atoms with Crippen molar-refractivity contribution in [3.63, 3.8) is 0 Å². The first-order chi connectivity index (χ1) is 5.95. The number of benzene rings is 1. The SMILES string of the molecule is [Br-].[Mg+2].[c-]1ccc(COCC2CC2)cc1. The van der Waals surface area contributed by atoms with Gasteiger partial charge in [-0.2, -0.15) is 30.3 Å². The maximum atomic E-state index is 5.53. The molecule has 3 heteroatoms. The van der Waals surface area contributed by atoms with Gasteiger partial charge in [-0.1, -0.05) is 0 Å². The van der Waals surface area contributed by atoms with Gasteiger partial charge in [-0.05, 0) is 18.8 Å². The standard InChI is InChI=1S/C11H13O.BrH.Mg/c1-2-4-10(5-3-1)8-12-9-11-6-7-11;;/h2-5,11H,6-9H2;1H;/q-1;;+2/p-1. The van der Waals surface area contributed by atoms with Crippen molar-refractivity contribution in [2.24, 2.45) is 5.92 Å². The minimum atomic E-state index is 0. The fourth-order valence-corrected chi connectivity index (χ4v) is 1.15. The van der Waals surface area contributed by atoms with Gasteiger partial charge in [0.25, 0.3) is 0 Å². The van der Waals surface area contributed by atoms with Crippen molar-refractivity contribution in [2.45, 2.75) is 19.4 Å². The van der Waals surface area contributed by atoms with E-state index in [9.17, 15) is 0 Å². The third-order valence-electron chi connectivity index (χ3n) is 2.11. The van der Waals surface area contributed by atoms with E-state index in [1.54, 1.807) is 0 Å². The van der Waals surface area contributed by atoms with E-state index in [0.29, 0.717) is 0 Å². The zero-order valence-corrected chi connectivity index (χ0v) is 11.2. The molecule has 1 aromatic rings. The van der Waals surface area contributed by atoms with Gasteiger partial charge in [0.15, 0.2) is 0 Å². The van der Waals surface area contributed by atoms with Gasteiger partial charge in [0.05, 0.1) is 0 Å². The summed E-state index contributed by atoms with van der Waals surface area (Å²) >= 11 is 0. The van der Waals surface area contributed by atoms with Crippen molar-refractivity contribution in [3.8, 4) is 0 Å². The summed E-state index contributed by atoms with van der Waals surface area (Å²) in [5.74, 6) is 0.861. The van der Waals surface area contributed by atoms with Gasteiger partial charge < -0.3 is 21.7 Å². The summed E-state index contributed by atoms with van der Waals surface area (Å²) < 4.78 is 5.53. The predicted octanol–water partition coefficient (Wildman–Crippen LogP) is -0.963. The van der Waals surface area contributed by atoms with Crippen LogP contribution < -0.4 is 17.0 Å². The molecule has 0 amide bonds. The third-order valence-corrected chi connectivity index (χ3v) is 2.11. The van der Waals surface area contributed by atoms with Crippen molar-refractivity contribution in [2.75, 3.05) is 6.61 Å². The Bertz CT molecular complexity index is 236. The molecule has 0 aliphatic heterocycles. The topological polar surface area (TPSA) is 9.23 Å². The number of rotatable bonds is 4. The summed E-state index contributed by atoms with van der Waals surface area (Å²) in [6, 6.07) is 10.9. The van der Waals surface area contributed by atoms with Gasteiger partial charge in [0.1, 0.15) is 0 Å². The normalized spacial score (nSPS) is 14.0. The van der Waals surface area contributed by atoms with E-state index in [-0.39, 0.29) is 40.0 Å². The molecule has 0 aromatic heterocycles. The quantitative estimate of drug-likeness (QED) is 0.503. The van der Waals surface area contributed by atoms with E-state index < -0.39 is 0 Å². The first-order valence-electron chi connectivity index (χ1n) is 4.48. The Morgan fingerprint density at radius 3 is 2.50 bits per heavy atom. The molecule has 0 spiro atoms. The second kappa shape index (κ2) is 7.68. The van der Waals surface area contributed by atoms with Crippen molar-refractivity contribution in [1.29, 1.82) is 0 Å². The van der Waals surface area contributed by atoms with Crippen LogP contribution in [0.15, 0.2) is 24.3 Å². The van der Waals surface area contributed by atoms with Crippen LogP contribution in [0, 0.1) is 12.0 Å². The Labute approximate surface area is 112 Å². The molecule has 0 saturated heterocycles. The van der Waals surface area contributed by atoms with E-state index >= 15 is 0 Å². The van der Waals surface area contributed by atoms with Crippen LogP contribution in [0.2, 0.25) is 0 Å². The Hall–Kier alpha value is 0.426. The van der Waals surface area contributed by atoms with Gasteiger partial charge in [-0.25, -0.2) is 0 Å². The maximum Gasteiger partial charge on any atom is 2.00 e. The molecule has 1 nitrogen and oxygen atoms in total. The molecule has 1 saturated carbocycles. The van der Waals surface area contributed by atoms with E-state index in [4.69, 9.17) is 4.74 Å². The first-order valence-corrected chi connectivity index (χ1v) is 4.48. The van der Waals surface area contributed by atoms with Crippen LogP contribution in [0.5, 0.6) is 0 Å². The maximum absolute atomic E-state index is 5.53. The van der Waals surface area contributed by atoms with Crippen LogP contribution in [0.4, 0.5) is 0 Å². The molecule has 2 rings (SSSR count). The Balaban J connectivity index is 0.000000845. The average Bonchev–Trinajstić information content (AvgIpc) is 2.90. The summed E-state index contributed by atoms with van der Waals surface area (Å²) in [6.07, 6.45) is 2.73. The van der Waals surface area contributed by atoms with Crippen LogP contribution in [0.1, 0.15) is 18.4 Å². The van der Waals surface area contributed by atoms with Crippen LogP contribution in [0.3, 0.4) is 0 Å². The van der Waals surface area contributed by atoms with Crippen LogP contribution in [-0.4, -0.2) is 29.7 Å². The Kier molecular flexibility index (Phi) is 7.92. The molecule has 0 heterocycles. The summed E-state index contributed by atoms with van der Waals surface area (Å²) in [6.45, 7) is 1.70. The fraction of sp³-hybridized carbons (Fsp3) is 0.455. The molecular formula is C11H13BrMgO. The monoisotopic (exact) mass is 264 g/mol. The van der Waals surface area contributed by atoms with Crippen molar-refractivity contribution < 1.29 is 21.7 Å². The molecule has 14 heavy (non-hydrogen) atoms. The molecule has 72 valence electrons. The zero-order chi connectivity index (χ0) is 8.23. The van der Waals surface area contributed by atoms with E-state index in [0.717, 1.165) is 19.1 Å². The molecule has 1 fully saturated rings. The van der Waals surface area contributed by atoms with Crippen LogP contribution in [-0.2, 0) is 11.3 Å². The molecule has 0 bridgehead atoms. The smallest absolute Gasteiger partial charge is 1.00 e. The first kappa shape index (κ1) is 14.4. The molecule has 0 radical (unpaired) electrons. The van der Waals surface area contributed by atoms with Crippen molar-refractivity contribution >= 4 is 23.1 Å². The van der Waals surface area contributed by atoms with Crippen molar-refractivity contribution in [3.05, 3.63) is 35.9 Å². The molecule has 0 unspecified atom stereocenters. The third kappa shape index (κ3) is 5.34. The summed E-state index contributed by atoms with van der Waals surface area (Å²) in [5, 5.41) is 0. The summed E-state index contributed by atoms with van der Waals surface area (Å²) in [7, 11) is 0. The van der Waals surface area contributed by atoms with Gasteiger partial charge in [-0.15, -0.1) is 5.56 Å². The fourth-order valence-electron chi connectivity index (χ4n) is 1.15. The number of hydrogen-bond donors (Lipinski definition) is 0.